The second-order valence-electron chi connectivity index (χ2n) is 5.75. The van der Waals surface area contributed by atoms with Gasteiger partial charge in [0.05, 0.1) is 5.52 Å². The molecule has 0 saturated heterocycles. The molecule has 2 heterocycles. The zero-order chi connectivity index (χ0) is 16.1. The van der Waals surface area contributed by atoms with E-state index in [9.17, 15) is 0 Å². The maximum absolute atomic E-state index is 4.51. The summed E-state index contributed by atoms with van der Waals surface area (Å²) in [5, 5.41) is 12.6. The largest absolute Gasteiger partial charge is 0.274 e. The third-order valence-electron chi connectivity index (χ3n) is 4.37. The van der Waals surface area contributed by atoms with Crippen LogP contribution in [0.5, 0.6) is 0 Å². The van der Waals surface area contributed by atoms with Crippen LogP contribution in [0.15, 0.2) is 72.8 Å². The Morgan fingerprint density at radius 2 is 1.33 bits per heavy atom. The molecule has 24 heavy (non-hydrogen) atoms. The van der Waals surface area contributed by atoms with Gasteiger partial charge in [0.25, 0.3) is 0 Å². The molecule has 0 amide bonds. The number of nitrogens with zero attached hydrogens (tertiary/aromatic N) is 3. The van der Waals surface area contributed by atoms with Gasteiger partial charge in [-0.15, -0.1) is 10.2 Å². The topological polar surface area (TPSA) is 30.2 Å². The molecule has 0 saturated carbocycles. The SMILES string of the molecule is Ic1ccc(-c2nnc3c4ccccc4c4ccccc4n23)cc1. The summed E-state index contributed by atoms with van der Waals surface area (Å²) in [6, 6.07) is 25.2. The molecule has 0 bridgehead atoms. The van der Waals surface area contributed by atoms with Gasteiger partial charge in [-0.3, -0.25) is 4.40 Å². The van der Waals surface area contributed by atoms with E-state index in [0.717, 1.165) is 27.9 Å². The summed E-state index contributed by atoms with van der Waals surface area (Å²) >= 11 is 2.32. The number of benzene rings is 3. The molecule has 0 spiro atoms. The summed E-state index contributed by atoms with van der Waals surface area (Å²) < 4.78 is 3.38. The lowest BCUT2D eigenvalue weighted by Gasteiger charge is -2.09. The summed E-state index contributed by atoms with van der Waals surface area (Å²) in [4.78, 5) is 0. The van der Waals surface area contributed by atoms with Crippen molar-refractivity contribution in [2.75, 3.05) is 0 Å². The average Bonchev–Trinajstić information content (AvgIpc) is 3.08. The number of pyridine rings is 1. The Morgan fingerprint density at radius 1 is 0.667 bits per heavy atom. The van der Waals surface area contributed by atoms with Crippen LogP contribution in [-0.2, 0) is 0 Å². The normalized spacial score (nSPS) is 11.5. The molecule has 3 nitrogen and oxygen atoms in total. The van der Waals surface area contributed by atoms with Gasteiger partial charge in [0.1, 0.15) is 0 Å². The molecule has 0 radical (unpaired) electrons. The molecule has 0 aliphatic carbocycles. The van der Waals surface area contributed by atoms with Crippen LogP contribution < -0.4 is 0 Å². The molecule has 5 rings (SSSR count). The van der Waals surface area contributed by atoms with Crippen molar-refractivity contribution < 1.29 is 0 Å². The Bertz CT molecular complexity index is 1210. The Balaban J connectivity index is 2.00. The maximum atomic E-state index is 4.51. The Hall–Kier alpha value is -2.47. The summed E-state index contributed by atoms with van der Waals surface area (Å²) in [5.74, 6) is 0.878. The van der Waals surface area contributed by atoms with Crippen molar-refractivity contribution in [3.8, 4) is 11.4 Å². The van der Waals surface area contributed by atoms with Crippen molar-refractivity contribution >= 4 is 49.9 Å². The van der Waals surface area contributed by atoms with Gasteiger partial charge in [-0.1, -0.05) is 54.6 Å². The molecule has 0 aliphatic heterocycles. The van der Waals surface area contributed by atoms with Crippen LogP contribution in [0.3, 0.4) is 0 Å². The van der Waals surface area contributed by atoms with Gasteiger partial charge in [0.15, 0.2) is 11.5 Å². The maximum Gasteiger partial charge on any atom is 0.169 e. The highest BCUT2D eigenvalue weighted by Crippen LogP contribution is 2.31. The molecule has 0 atom stereocenters. The van der Waals surface area contributed by atoms with Crippen LogP contribution in [-0.4, -0.2) is 14.6 Å². The summed E-state index contributed by atoms with van der Waals surface area (Å²) in [6.45, 7) is 0. The monoisotopic (exact) mass is 421 g/mol. The molecular formula is C20H12IN3. The van der Waals surface area contributed by atoms with Crippen molar-refractivity contribution in [2.45, 2.75) is 0 Å². The minimum atomic E-state index is 0.878. The third-order valence-corrected chi connectivity index (χ3v) is 5.09. The summed E-state index contributed by atoms with van der Waals surface area (Å²) in [5.41, 5.74) is 3.10. The predicted molar refractivity (Wildman–Crippen MR) is 106 cm³/mol. The first-order chi connectivity index (χ1) is 11.8. The lowest BCUT2D eigenvalue weighted by molar-refractivity contribution is 1.12. The zero-order valence-corrected chi connectivity index (χ0v) is 14.8. The smallest absolute Gasteiger partial charge is 0.169 e. The van der Waals surface area contributed by atoms with E-state index in [1.165, 1.54) is 14.3 Å². The van der Waals surface area contributed by atoms with Crippen LogP contribution >= 0.6 is 22.6 Å². The summed E-state index contributed by atoms with van der Waals surface area (Å²) in [6.07, 6.45) is 0. The van der Waals surface area contributed by atoms with Crippen LogP contribution in [0.25, 0.3) is 38.7 Å². The van der Waals surface area contributed by atoms with Gasteiger partial charge in [-0.2, -0.15) is 0 Å². The van der Waals surface area contributed by atoms with Crippen LogP contribution in [0.2, 0.25) is 0 Å². The second kappa shape index (κ2) is 5.27. The molecule has 114 valence electrons. The number of aromatic nitrogens is 3. The molecule has 3 aromatic carbocycles. The van der Waals surface area contributed by atoms with Crippen LogP contribution in [0.4, 0.5) is 0 Å². The van der Waals surface area contributed by atoms with Crippen molar-refractivity contribution in [2.24, 2.45) is 0 Å². The molecule has 0 aliphatic rings. The zero-order valence-electron chi connectivity index (χ0n) is 12.6. The first-order valence-electron chi connectivity index (χ1n) is 7.73. The van der Waals surface area contributed by atoms with Gasteiger partial charge in [-0.25, -0.2) is 0 Å². The van der Waals surface area contributed by atoms with Crippen LogP contribution in [0.1, 0.15) is 0 Å². The van der Waals surface area contributed by atoms with E-state index in [-0.39, 0.29) is 0 Å². The molecule has 0 unspecified atom stereocenters. The number of hydrogen-bond acceptors (Lipinski definition) is 2. The van der Waals surface area contributed by atoms with E-state index in [1.54, 1.807) is 0 Å². The highest BCUT2D eigenvalue weighted by Gasteiger charge is 2.14. The molecule has 2 aromatic heterocycles. The van der Waals surface area contributed by atoms with Crippen molar-refractivity contribution in [3.05, 3.63) is 76.4 Å². The van der Waals surface area contributed by atoms with Gasteiger partial charge in [-0.05, 0) is 46.2 Å². The third kappa shape index (κ3) is 1.96. The van der Waals surface area contributed by atoms with E-state index in [1.807, 2.05) is 0 Å². The Labute approximate surface area is 152 Å². The molecular weight excluding hydrogens is 409 g/mol. The fraction of sp³-hybridized carbons (Fsp3) is 0. The Kier molecular flexibility index (Phi) is 3.06. The van der Waals surface area contributed by atoms with E-state index < -0.39 is 0 Å². The van der Waals surface area contributed by atoms with E-state index in [2.05, 4.69) is 110 Å². The van der Waals surface area contributed by atoms with E-state index >= 15 is 0 Å². The lowest BCUT2D eigenvalue weighted by atomic mass is 10.1. The highest BCUT2D eigenvalue weighted by molar-refractivity contribution is 14.1. The first-order valence-corrected chi connectivity index (χ1v) is 8.81. The van der Waals surface area contributed by atoms with E-state index in [0.29, 0.717) is 0 Å². The van der Waals surface area contributed by atoms with Crippen LogP contribution in [0, 0.1) is 3.57 Å². The lowest BCUT2D eigenvalue weighted by Crippen LogP contribution is -1.94. The van der Waals surface area contributed by atoms with Gasteiger partial charge < -0.3 is 0 Å². The molecule has 0 fully saturated rings. The second-order valence-corrected chi connectivity index (χ2v) is 7.00. The van der Waals surface area contributed by atoms with Crippen molar-refractivity contribution in [1.29, 1.82) is 0 Å². The van der Waals surface area contributed by atoms with Crippen molar-refractivity contribution in [3.63, 3.8) is 0 Å². The fourth-order valence-corrected chi connectivity index (χ4v) is 3.64. The minimum Gasteiger partial charge on any atom is -0.274 e. The van der Waals surface area contributed by atoms with Gasteiger partial charge in [0, 0.05) is 19.9 Å². The molecule has 5 aromatic rings. The van der Waals surface area contributed by atoms with Gasteiger partial charge in [0.2, 0.25) is 0 Å². The number of rotatable bonds is 1. The quantitative estimate of drug-likeness (QED) is 0.271. The number of fused-ring (bicyclic) bond motifs is 6. The van der Waals surface area contributed by atoms with E-state index in [4.69, 9.17) is 0 Å². The van der Waals surface area contributed by atoms with Gasteiger partial charge >= 0.3 is 0 Å². The minimum absolute atomic E-state index is 0.878. The number of hydrogen-bond donors (Lipinski definition) is 0. The Morgan fingerprint density at radius 3 is 2.12 bits per heavy atom. The molecule has 0 N–H and O–H groups in total. The standard InChI is InChI=1S/C20H12IN3/c21-14-11-9-13(10-12-14)19-22-23-20-17-7-2-1-5-15(17)16-6-3-4-8-18(16)24(19)20/h1-12H. The van der Waals surface area contributed by atoms with Crippen molar-refractivity contribution in [1.82, 2.24) is 14.6 Å². The molecule has 4 heteroatoms. The predicted octanol–water partition coefficient (Wildman–Crippen LogP) is 5.31. The average molecular weight is 421 g/mol. The fourth-order valence-electron chi connectivity index (χ4n) is 3.28. The highest BCUT2D eigenvalue weighted by atomic mass is 127. The number of para-hydroxylation sites is 1. The first kappa shape index (κ1) is 13.9. The summed E-state index contributed by atoms with van der Waals surface area (Å²) in [7, 11) is 0. The number of halogens is 1.